The van der Waals surface area contributed by atoms with Crippen molar-refractivity contribution < 1.29 is 9.53 Å². The van der Waals surface area contributed by atoms with Crippen LogP contribution in [0.1, 0.15) is 39.2 Å². The number of carbonyl (C=O) groups excluding carboxylic acids is 1. The van der Waals surface area contributed by atoms with Crippen LogP contribution < -0.4 is 15.4 Å². The molecule has 1 saturated heterocycles. The number of likely N-dealkylation sites (N-methyl/N-ethyl adjacent to an activating group) is 1. The van der Waals surface area contributed by atoms with Crippen LogP contribution in [-0.2, 0) is 6.42 Å². The third-order valence-electron chi connectivity index (χ3n) is 4.28. The number of nitrogens with zero attached hydrogens (tertiary/aromatic N) is 1. The number of hydrogen-bond acceptors (Lipinski definition) is 3. The normalized spacial score (nSPS) is 18.4. The third kappa shape index (κ3) is 6.40. The summed E-state index contributed by atoms with van der Waals surface area (Å²) in [6, 6.07) is 8.28. The van der Waals surface area contributed by atoms with Crippen LogP contribution in [0, 0.1) is 0 Å². The van der Waals surface area contributed by atoms with Crippen LogP contribution >= 0.6 is 0 Å². The fraction of sp³-hybridized carbons (Fsp3) is 0.632. The van der Waals surface area contributed by atoms with Gasteiger partial charge in [-0.3, -0.25) is 0 Å². The van der Waals surface area contributed by atoms with Gasteiger partial charge in [0.2, 0.25) is 0 Å². The minimum Gasteiger partial charge on any atom is -0.491 e. The Kier molecular flexibility index (Phi) is 7.37. The van der Waals surface area contributed by atoms with Crippen LogP contribution in [0.25, 0.3) is 0 Å². The molecular weight excluding hydrogens is 302 g/mol. The third-order valence-corrected chi connectivity index (χ3v) is 4.28. The van der Waals surface area contributed by atoms with E-state index in [2.05, 4.69) is 34.6 Å². The number of amides is 2. The van der Waals surface area contributed by atoms with Gasteiger partial charge in [0.25, 0.3) is 0 Å². The quantitative estimate of drug-likeness (QED) is 0.807. The van der Waals surface area contributed by atoms with Gasteiger partial charge in [-0.15, -0.1) is 0 Å². The first-order valence-corrected chi connectivity index (χ1v) is 9.09. The molecule has 1 aromatic rings. The maximum atomic E-state index is 12.0. The molecule has 2 rings (SSSR count). The number of nitrogens with one attached hydrogen (secondary N) is 2. The highest BCUT2D eigenvalue weighted by Crippen LogP contribution is 2.14. The van der Waals surface area contributed by atoms with Gasteiger partial charge in [-0.05, 0) is 63.9 Å². The van der Waals surface area contributed by atoms with E-state index in [4.69, 9.17) is 4.74 Å². The monoisotopic (exact) mass is 333 g/mol. The molecule has 0 radical (unpaired) electrons. The highest BCUT2D eigenvalue weighted by Gasteiger charge is 2.19. The molecule has 0 saturated carbocycles. The molecule has 0 bridgehead atoms. The van der Waals surface area contributed by atoms with Gasteiger partial charge >= 0.3 is 6.03 Å². The number of benzene rings is 1. The molecule has 24 heavy (non-hydrogen) atoms. The van der Waals surface area contributed by atoms with Crippen molar-refractivity contribution >= 4 is 6.03 Å². The number of hydrogen-bond donors (Lipinski definition) is 2. The molecule has 1 aliphatic heterocycles. The molecule has 0 aliphatic carbocycles. The second kappa shape index (κ2) is 9.52. The average Bonchev–Trinajstić information content (AvgIpc) is 2.56. The molecule has 2 amide bonds. The van der Waals surface area contributed by atoms with Crippen LogP contribution in [0.4, 0.5) is 4.79 Å². The molecule has 1 heterocycles. The van der Waals surface area contributed by atoms with Crippen LogP contribution in [-0.4, -0.2) is 49.3 Å². The Morgan fingerprint density at radius 3 is 2.75 bits per heavy atom. The van der Waals surface area contributed by atoms with Gasteiger partial charge in [-0.1, -0.05) is 19.1 Å². The number of urea groups is 1. The maximum Gasteiger partial charge on any atom is 0.315 e. The SMILES string of the molecule is CCN1CCC[C@@H](NC(=O)NCCc2ccc(OC(C)C)cc2)C1. The van der Waals surface area contributed by atoms with E-state index in [0.717, 1.165) is 44.6 Å². The molecule has 1 fully saturated rings. The Bertz CT molecular complexity index is 502. The Balaban J connectivity index is 1.67. The summed E-state index contributed by atoms with van der Waals surface area (Å²) in [5.74, 6) is 0.886. The van der Waals surface area contributed by atoms with Gasteiger partial charge in [0.05, 0.1) is 6.10 Å². The van der Waals surface area contributed by atoms with Crippen LogP contribution in [0.15, 0.2) is 24.3 Å². The number of likely N-dealkylation sites (tertiary alicyclic amines) is 1. The zero-order valence-corrected chi connectivity index (χ0v) is 15.2. The van der Waals surface area contributed by atoms with Gasteiger partial charge in [0.15, 0.2) is 0 Å². The summed E-state index contributed by atoms with van der Waals surface area (Å²) in [4.78, 5) is 14.4. The van der Waals surface area contributed by atoms with Crippen molar-refractivity contribution in [3.63, 3.8) is 0 Å². The summed E-state index contributed by atoms with van der Waals surface area (Å²) >= 11 is 0. The topological polar surface area (TPSA) is 53.6 Å². The van der Waals surface area contributed by atoms with Crippen molar-refractivity contribution in [1.29, 1.82) is 0 Å². The molecule has 1 aromatic carbocycles. The van der Waals surface area contributed by atoms with Crippen LogP contribution in [0.5, 0.6) is 5.75 Å². The largest absolute Gasteiger partial charge is 0.491 e. The maximum absolute atomic E-state index is 12.0. The first kappa shape index (κ1) is 18.6. The molecule has 134 valence electrons. The summed E-state index contributed by atoms with van der Waals surface area (Å²) in [6.45, 7) is 10.00. The summed E-state index contributed by atoms with van der Waals surface area (Å²) in [5.41, 5.74) is 1.20. The Morgan fingerprint density at radius 2 is 2.08 bits per heavy atom. The smallest absolute Gasteiger partial charge is 0.315 e. The Hall–Kier alpha value is -1.75. The molecule has 1 atom stereocenters. The van der Waals surface area contributed by atoms with E-state index in [1.54, 1.807) is 0 Å². The lowest BCUT2D eigenvalue weighted by Gasteiger charge is -2.32. The molecular formula is C19H31N3O2. The predicted octanol–water partition coefficient (Wildman–Crippen LogP) is 2.80. The number of piperidine rings is 1. The Morgan fingerprint density at radius 1 is 1.33 bits per heavy atom. The van der Waals surface area contributed by atoms with Crippen molar-refractivity contribution in [3.05, 3.63) is 29.8 Å². The average molecular weight is 333 g/mol. The molecule has 0 aromatic heterocycles. The van der Waals surface area contributed by atoms with Gasteiger partial charge in [-0.25, -0.2) is 4.79 Å². The van der Waals surface area contributed by atoms with E-state index in [1.165, 1.54) is 5.56 Å². The zero-order valence-electron chi connectivity index (χ0n) is 15.2. The molecule has 1 aliphatic rings. The number of rotatable bonds is 7. The van der Waals surface area contributed by atoms with Gasteiger partial charge in [0.1, 0.15) is 5.75 Å². The van der Waals surface area contributed by atoms with E-state index in [0.29, 0.717) is 6.54 Å². The second-order valence-electron chi connectivity index (χ2n) is 6.69. The van der Waals surface area contributed by atoms with E-state index in [-0.39, 0.29) is 18.2 Å². The van der Waals surface area contributed by atoms with E-state index < -0.39 is 0 Å². The fourth-order valence-electron chi connectivity index (χ4n) is 3.02. The highest BCUT2D eigenvalue weighted by molar-refractivity contribution is 5.74. The fourth-order valence-corrected chi connectivity index (χ4v) is 3.02. The number of ether oxygens (including phenoxy) is 1. The summed E-state index contributed by atoms with van der Waals surface area (Å²) in [6.07, 6.45) is 3.23. The predicted molar refractivity (Wildman–Crippen MR) is 97.6 cm³/mol. The zero-order chi connectivity index (χ0) is 17.4. The first-order chi connectivity index (χ1) is 11.6. The first-order valence-electron chi connectivity index (χ1n) is 9.09. The summed E-state index contributed by atoms with van der Waals surface area (Å²) in [7, 11) is 0. The van der Waals surface area contributed by atoms with E-state index >= 15 is 0 Å². The lowest BCUT2D eigenvalue weighted by atomic mass is 10.1. The summed E-state index contributed by atoms with van der Waals surface area (Å²) < 4.78 is 5.63. The lowest BCUT2D eigenvalue weighted by molar-refractivity contribution is 0.192. The van der Waals surface area contributed by atoms with Crippen molar-refractivity contribution in [3.8, 4) is 5.75 Å². The van der Waals surface area contributed by atoms with E-state index in [1.807, 2.05) is 26.0 Å². The number of carbonyl (C=O) groups is 1. The Labute approximate surface area is 145 Å². The van der Waals surface area contributed by atoms with Crippen LogP contribution in [0.2, 0.25) is 0 Å². The standard InChI is InChI=1S/C19H31N3O2/c1-4-22-13-5-6-17(14-22)21-19(23)20-12-11-16-7-9-18(10-8-16)24-15(2)3/h7-10,15,17H,4-6,11-14H2,1-3H3,(H2,20,21,23)/t17-/m1/s1. The molecule has 0 spiro atoms. The summed E-state index contributed by atoms with van der Waals surface area (Å²) in [5, 5.41) is 6.05. The van der Waals surface area contributed by atoms with Crippen molar-refractivity contribution in [2.24, 2.45) is 0 Å². The van der Waals surface area contributed by atoms with E-state index in [9.17, 15) is 4.79 Å². The van der Waals surface area contributed by atoms with Crippen molar-refractivity contribution in [1.82, 2.24) is 15.5 Å². The highest BCUT2D eigenvalue weighted by atomic mass is 16.5. The minimum atomic E-state index is -0.0577. The molecule has 0 unspecified atom stereocenters. The molecule has 5 nitrogen and oxygen atoms in total. The minimum absolute atomic E-state index is 0.0577. The molecule has 5 heteroatoms. The van der Waals surface area contributed by atoms with Crippen LogP contribution in [0.3, 0.4) is 0 Å². The van der Waals surface area contributed by atoms with Gasteiger partial charge < -0.3 is 20.3 Å². The van der Waals surface area contributed by atoms with Crippen molar-refractivity contribution in [2.45, 2.75) is 52.2 Å². The lowest BCUT2D eigenvalue weighted by Crippen LogP contribution is -2.50. The van der Waals surface area contributed by atoms with Crippen molar-refractivity contribution in [2.75, 3.05) is 26.2 Å². The second-order valence-corrected chi connectivity index (χ2v) is 6.69. The van der Waals surface area contributed by atoms with Gasteiger partial charge in [-0.2, -0.15) is 0 Å². The van der Waals surface area contributed by atoms with Gasteiger partial charge in [0, 0.05) is 19.1 Å². The molecule has 2 N–H and O–H groups in total.